The molecule has 0 amide bonds. The summed E-state index contributed by atoms with van der Waals surface area (Å²) in [4.78, 5) is 5.72. The number of nitrogens with zero attached hydrogens (tertiary/aromatic N) is 6. The third-order valence-corrected chi connectivity index (χ3v) is 4.82. The maximum Gasteiger partial charge on any atom is 0.433 e. The molecule has 0 aliphatic carbocycles. The van der Waals surface area contributed by atoms with Crippen LogP contribution in [0.15, 0.2) is 30.3 Å². The van der Waals surface area contributed by atoms with Crippen molar-refractivity contribution in [3.63, 3.8) is 0 Å². The lowest BCUT2D eigenvalue weighted by atomic mass is 9.98. The number of ether oxygens (including phenoxy) is 1. The summed E-state index contributed by atoms with van der Waals surface area (Å²) in [6, 6.07) is 7.50. The maximum absolute atomic E-state index is 12.7. The van der Waals surface area contributed by atoms with E-state index in [0.29, 0.717) is 12.3 Å². The summed E-state index contributed by atoms with van der Waals surface area (Å²) in [5, 5.41) is 12.6. The first-order valence-electron chi connectivity index (χ1n) is 9.01. The van der Waals surface area contributed by atoms with Crippen LogP contribution >= 0.6 is 0 Å². The molecule has 0 radical (unpaired) electrons. The Labute approximate surface area is 159 Å². The summed E-state index contributed by atoms with van der Waals surface area (Å²) in [5.41, 5.74) is -0.233. The Morgan fingerprint density at radius 1 is 1.11 bits per heavy atom. The number of aromatic nitrogens is 5. The van der Waals surface area contributed by atoms with E-state index in [-0.39, 0.29) is 11.8 Å². The van der Waals surface area contributed by atoms with E-state index in [1.807, 2.05) is 19.1 Å². The van der Waals surface area contributed by atoms with E-state index in [4.69, 9.17) is 4.74 Å². The van der Waals surface area contributed by atoms with Crippen molar-refractivity contribution in [1.82, 2.24) is 24.8 Å². The predicted octanol–water partition coefficient (Wildman–Crippen LogP) is 3.14. The van der Waals surface area contributed by atoms with Crippen LogP contribution in [0.3, 0.4) is 0 Å². The van der Waals surface area contributed by atoms with Crippen LogP contribution in [0.2, 0.25) is 0 Å². The summed E-state index contributed by atoms with van der Waals surface area (Å²) >= 11 is 0. The standard InChI is InChI=1S/C18H19F3N6O/c1-12-23-24-15-5-6-16(25-27(12)15)26-9-7-13(8-10-26)11-28-17-4-2-3-14(22-17)18(19,20)21/h2-6,13H,7-11H2,1H3. The Hall–Kier alpha value is -2.91. The minimum Gasteiger partial charge on any atom is -0.477 e. The van der Waals surface area contributed by atoms with Gasteiger partial charge >= 0.3 is 6.18 Å². The predicted molar refractivity (Wildman–Crippen MR) is 95.2 cm³/mol. The molecule has 4 heterocycles. The molecular weight excluding hydrogens is 373 g/mol. The van der Waals surface area contributed by atoms with Crippen LogP contribution in [-0.2, 0) is 6.18 Å². The highest BCUT2D eigenvalue weighted by Crippen LogP contribution is 2.29. The molecule has 1 aliphatic heterocycles. The lowest BCUT2D eigenvalue weighted by Gasteiger charge is -2.32. The van der Waals surface area contributed by atoms with E-state index in [9.17, 15) is 13.2 Å². The van der Waals surface area contributed by atoms with Crippen LogP contribution in [0.5, 0.6) is 5.88 Å². The summed E-state index contributed by atoms with van der Waals surface area (Å²) in [5.74, 6) is 1.85. The SMILES string of the molecule is Cc1nnc2ccc(N3CCC(COc4cccc(C(F)(F)F)n4)CC3)nn12. The van der Waals surface area contributed by atoms with Crippen molar-refractivity contribution >= 4 is 11.5 Å². The fourth-order valence-corrected chi connectivity index (χ4v) is 3.24. The van der Waals surface area contributed by atoms with Gasteiger partial charge in [-0.15, -0.1) is 15.3 Å². The van der Waals surface area contributed by atoms with Gasteiger partial charge in [0.25, 0.3) is 0 Å². The van der Waals surface area contributed by atoms with Gasteiger partial charge in [0.2, 0.25) is 5.88 Å². The Bertz CT molecular complexity index is 965. The van der Waals surface area contributed by atoms with E-state index >= 15 is 0 Å². The molecule has 148 valence electrons. The molecule has 3 aromatic heterocycles. The smallest absolute Gasteiger partial charge is 0.433 e. The lowest BCUT2D eigenvalue weighted by Crippen LogP contribution is -2.36. The number of anilines is 1. The average molecular weight is 392 g/mol. The molecule has 0 unspecified atom stereocenters. The normalized spacial score (nSPS) is 15.9. The first-order valence-corrected chi connectivity index (χ1v) is 9.01. The molecule has 1 saturated heterocycles. The van der Waals surface area contributed by atoms with Crippen molar-refractivity contribution in [3.8, 4) is 5.88 Å². The van der Waals surface area contributed by atoms with E-state index in [0.717, 1.165) is 43.6 Å². The zero-order valence-corrected chi connectivity index (χ0v) is 15.2. The van der Waals surface area contributed by atoms with E-state index < -0.39 is 11.9 Å². The van der Waals surface area contributed by atoms with Crippen molar-refractivity contribution < 1.29 is 17.9 Å². The highest BCUT2D eigenvalue weighted by molar-refractivity contribution is 5.45. The molecule has 0 aromatic carbocycles. The molecule has 0 bridgehead atoms. The fraction of sp³-hybridized carbons (Fsp3) is 0.444. The Morgan fingerprint density at radius 3 is 2.64 bits per heavy atom. The van der Waals surface area contributed by atoms with Gasteiger partial charge in [-0.1, -0.05) is 6.07 Å². The van der Waals surface area contributed by atoms with Gasteiger partial charge in [0.15, 0.2) is 11.5 Å². The fourth-order valence-electron chi connectivity index (χ4n) is 3.24. The summed E-state index contributed by atoms with van der Waals surface area (Å²) in [6.45, 7) is 3.79. The van der Waals surface area contributed by atoms with Crippen LogP contribution in [0.25, 0.3) is 5.65 Å². The number of fused-ring (bicyclic) bond motifs is 1. The summed E-state index contributed by atoms with van der Waals surface area (Å²) in [6.07, 6.45) is -2.75. The Morgan fingerprint density at radius 2 is 1.89 bits per heavy atom. The van der Waals surface area contributed by atoms with E-state index in [2.05, 4.69) is 25.2 Å². The van der Waals surface area contributed by atoms with Crippen molar-refractivity contribution in [3.05, 3.63) is 41.9 Å². The first kappa shape index (κ1) is 18.5. The van der Waals surface area contributed by atoms with Gasteiger partial charge in [0, 0.05) is 19.2 Å². The minimum atomic E-state index is -4.47. The van der Waals surface area contributed by atoms with Gasteiger partial charge in [-0.05, 0) is 43.9 Å². The van der Waals surface area contributed by atoms with Gasteiger partial charge < -0.3 is 9.64 Å². The van der Waals surface area contributed by atoms with E-state index in [1.165, 1.54) is 12.1 Å². The monoisotopic (exact) mass is 392 g/mol. The summed E-state index contributed by atoms with van der Waals surface area (Å²) < 4.78 is 45.4. The molecule has 10 heteroatoms. The zero-order valence-electron chi connectivity index (χ0n) is 15.2. The molecule has 0 spiro atoms. The third-order valence-electron chi connectivity index (χ3n) is 4.82. The third kappa shape index (κ3) is 3.85. The molecule has 28 heavy (non-hydrogen) atoms. The number of pyridine rings is 1. The second-order valence-corrected chi connectivity index (χ2v) is 6.81. The molecule has 1 aliphatic rings. The molecule has 4 rings (SSSR count). The van der Waals surface area contributed by atoms with Crippen molar-refractivity contribution in [2.75, 3.05) is 24.6 Å². The van der Waals surface area contributed by atoms with Crippen LogP contribution in [-0.4, -0.2) is 44.5 Å². The highest BCUT2D eigenvalue weighted by Gasteiger charge is 2.32. The van der Waals surface area contributed by atoms with Gasteiger partial charge in [-0.3, -0.25) is 0 Å². The van der Waals surface area contributed by atoms with Crippen molar-refractivity contribution in [2.45, 2.75) is 25.9 Å². The topological polar surface area (TPSA) is 68.4 Å². The summed E-state index contributed by atoms with van der Waals surface area (Å²) in [7, 11) is 0. The second kappa shape index (κ2) is 7.25. The van der Waals surface area contributed by atoms with Crippen LogP contribution in [0.4, 0.5) is 19.0 Å². The number of halogens is 3. The van der Waals surface area contributed by atoms with Gasteiger partial charge in [-0.25, -0.2) is 4.98 Å². The zero-order chi connectivity index (χ0) is 19.7. The second-order valence-electron chi connectivity index (χ2n) is 6.81. The Kier molecular flexibility index (Phi) is 4.78. The van der Waals surface area contributed by atoms with Gasteiger partial charge in [-0.2, -0.15) is 17.7 Å². The van der Waals surface area contributed by atoms with Crippen molar-refractivity contribution in [2.24, 2.45) is 5.92 Å². The Balaban J connectivity index is 1.33. The number of aryl methyl sites for hydroxylation is 1. The van der Waals surface area contributed by atoms with Crippen LogP contribution < -0.4 is 9.64 Å². The van der Waals surface area contributed by atoms with Crippen LogP contribution in [0.1, 0.15) is 24.4 Å². The molecule has 7 nitrogen and oxygen atoms in total. The average Bonchev–Trinajstić information content (AvgIpc) is 3.07. The lowest BCUT2D eigenvalue weighted by molar-refractivity contribution is -0.141. The molecule has 3 aromatic rings. The minimum absolute atomic E-state index is 0.00690. The first-order chi connectivity index (χ1) is 13.4. The number of hydrogen-bond acceptors (Lipinski definition) is 6. The quantitative estimate of drug-likeness (QED) is 0.680. The molecule has 1 fully saturated rings. The van der Waals surface area contributed by atoms with Crippen LogP contribution in [0, 0.1) is 12.8 Å². The highest BCUT2D eigenvalue weighted by atomic mass is 19.4. The van der Waals surface area contributed by atoms with Crippen molar-refractivity contribution in [1.29, 1.82) is 0 Å². The largest absolute Gasteiger partial charge is 0.477 e. The van der Waals surface area contributed by atoms with Gasteiger partial charge in [0.05, 0.1) is 6.61 Å². The molecule has 0 atom stereocenters. The number of alkyl halides is 3. The van der Waals surface area contributed by atoms with E-state index in [1.54, 1.807) is 4.52 Å². The number of piperidine rings is 1. The molecule has 0 saturated carbocycles. The number of hydrogen-bond donors (Lipinski definition) is 0. The molecule has 0 N–H and O–H groups in total. The van der Waals surface area contributed by atoms with Gasteiger partial charge in [0.1, 0.15) is 11.5 Å². The molecular formula is C18H19F3N6O. The maximum atomic E-state index is 12.7. The number of rotatable bonds is 4.